The van der Waals surface area contributed by atoms with Crippen LogP contribution in [-0.2, 0) is 11.0 Å². The van der Waals surface area contributed by atoms with Crippen LogP contribution in [-0.4, -0.2) is 48.7 Å². The molecule has 1 saturated carbocycles. The van der Waals surface area contributed by atoms with Crippen molar-refractivity contribution in [2.75, 3.05) is 17.6 Å². The number of carbonyl (C=O) groups is 2. The van der Waals surface area contributed by atoms with Crippen molar-refractivity contribution in [1.82, 2.24) is 24.3 Å². The highest BCUT2D eigenvalue weighted by Crippen LogP contribution is 2.38. The molecule has 0 unspecified atom stereocenters. The number of rotatable bonds is 5. The molecule has 2 atom stereocenters. The lowest BCUT2D eigenvalue weighted by Gasteiger charge is -2.37. The third kappa shape index (κ3) is 5.21. The van der Waals surface area contributed by atoms with E-state index in [4.69, 9.17) is 10.7 Å². The van der Waals surface area contributed by atoms with E-state index in [9.17, 15) is 22.8 Å². The average molecular weight is 564 g/mol. The molecule has 1 aromatic carbocycles. The summed E-state index contributed by atoms with van der Waals surface area (Å²) < 4.78 is 41.0. The van der Waals surface area contributed by atoms with E-state index in [2.05, 4.69) is 22.2 Å². The number of benzene rings is 1. The molecule has 9 nitrogen and oxygen atoms in total. The highest BCUT2D eigenvalue weighted by molar-refractivity contribution is 6.04. The average Bonchev–Trinajstić information content (AvgIpc) is 3.73. The molecular weight excluding hydrogens is 535 g/mol. The first kappa shape index (κ1) is 26.7. The molecule has 1 aliphatic heterocycles. The summed E-state index contributed by atoms with van der Waals surface area (Å²) in [4.78, 5) is 40.7. The molecule has 2 fully saturated rings. The summed E-state index contributed by atoms with van der Waals surface area (Å²) in [6.07, 6.45) is 3.53. The fourth-order valence-electron chi connectivity index (χ4n) is 5.41. The van der Waals surface area contributed by atoms with Gasteiger partial charge in [-0.15, -0.1) is 0 Å². The smallest absolute Gasteiger partial charge is 0.382 e. The summed E-state index contributed by atoms with van der Waals surface area (Å²) >= 11 is 0. The highest BCUT2D eigenvalue weighted by Gasteiger charge is 2.39. The monoisotopic (exact) mass is 563 g/mol. The predicted molar refractivity (Wildman–Crippen MR) is 146 cm³/mol. The van der Waals surface area contributed by atoms with E-state index in [-0.39, 0.29) is 35.2 Å². The van der Waals surface area contributed by atoms with Gasteiger partial charge in [-0.2, -0.15) is 13.2 Å². The number of nitrogens with zero attached hydrogens (tertiary/aromatic N) is 5. The molecule has 6 rings (SSSR count). The third-order valence-electron chi connectivity index (χ3n) is 7.82. The quantitative estimate of drug-likeness (QED) is 0.347. The maximum Gasteiger partial charge on any atom is 0.416 e. The van der Waals surface area contributed by atoms with Crippen LogP contribution in [0.15, 0.2) is 55.0 Å². The van der Waals surface area contributed by atoms with Gasteiger partial charge in [0.15, 0.2) is 0 Å². The van der Waals surface area contributed by atoms with Crippen molar-refractivity contribution in [3.63, 3.8) is 0 Å². The van der Waals surface area contributed by atoms with Crippen LogP contribution in [0.25, 0.3) is 16.8 Å². The van der Waals surface area contributed by atoms with E-state index < -0.39 is 17.6 Å². The highest BCUT2D eigenvalue weighted by atomic mass is 19.4. The largest absolute Gasteiger partial charge is 0.416 e. The van der Waals surface area contributed by atoms with Gasteiger partial charge in [-0.1, -0.05) is 12.1 Å². The Labute approximate surface area is 233 Å². The van der Waals surface area contributed by atoms with Gasteiger partial charge in [0.25, 0.3) is 5.91 Å². The first-order chi connectivity index (χ1) is 19.6. The Morgan fingerprint density at radius 1 is 1.02 bits per heavy atom. The lowest BCUT2D eigenvalue weighted by atomic mass is 9.92. The molecular formula is C29H28F3N7O2. The Kier molecular flexibility index (Phi) is 6.63. The SMILES string of the molecule is C[C@H]1CC[C@@H](c2nc(-c3ccc(C(=O)Nc4cc(C(F)(F)F)ccn4)cc3)c3c(N)nccn23)CN1C(=O)C1CC1. The number of aromatic nitrogens is 4. The number of hydrogen-bond donors (Lipinski definition) is 2. The number of alkyl halides is 3. The maximum absolute atomic E-state index is 13.0. The molecule has 212 valence electrons. The molecule has 3 N–H and O–H groups in total. The second kappa shape index (κ2) is 10.2. The molecule has 1 aliphatic carbocycles. The fraction of sp³-hybridized carbons (Fsp3) is 0.345. The molecule has 3 aromatic heterocycles. The van der Waals surface area contributed by atoms with Gasteiger partial charge >= 0.3 is 6.18 Å². The van der Waals surface area contributed by atoms with Crippen molar-refractivity contribution in [2.45, 2.75) is 50.7 Å². The lowest BCUT2D eigenvalue weighted by molar-refractivity contribution is -0.138. The molecule has 4 aromatic rings. The van der Waals surface area contributed by atoms with Crippen molar-refractivity contribution in [3.05, 3.63) is 71.9 Å². The Morgan fingerprint density at radius 3 is 2.49 bits per heavy atom. The number of nitrogens with two attached hydrogens (primary N) is 1. The zero-order valence-electron chi connectivity index (χ0n) is 22.2. The second-order valence-electron chi connectivity index (χ2n) is 10.7. The van der Waals surface area contributed by atoms with Crippen molar-refractivity contribution < 1.29 is 22.8 Å². The van der Waals surface area contributed by atoms with Gasteiger partial charge in [-0.3, -0.25) is 14.0 Å². The van der Waals surface area contributed by atoms with Crippen LogP contribution < -0.4 is 11.1 Å². The summed E-state index contributed by atoms with van der Waals surface area (Å²) in [7, 11) is 0. The van der Waals surface area contributed by atoms with E-state index in [0.29, 0.717) is 29.1 Å². The van der Waals surface area contributed by atoms with Crippen LogP contribution in [0.3, 0.4) is 0 Å². The van der Waals surface area contributed by atoms with Gasteiger partial charge in [-0.05, 0) is 56.9 Å². The minimum atomic E-state index is -4.55. The van der Waals surface area contributed by atoms with Crippen LogP contribution in [0, 0.1) is 5.92 Å². The molecule has 2 aliphatic rings. The van der Waals surface area contributed by atoms with Crippen molar-refractivity contribution >= 4 is 29.0 Å². The predicted octanol–water partition coefficient (Wildman–Crippen LogP) is 5.15. The van der Waals surface area contributed by atoms with Crippen LogP contribution in [0.2, 0.25) is 0 Å². The second-order valence-corrected chi connectivity index (χ2v) is 10.7. The Balaban J connectivity index is 1.27. The first-order valence-corrected chi connectivity index (χ1v) is 13.5. The topological polar surface area (TPSA) is 119 Å². The summed E-state index contributed by atoms with van der Waals surface area (Å²) in [6.45, 7) is 2.67. The number of nitrogens with one attached hydrogen (secondary N) is 1. The first-order valence-electron chi connectivity index (χ1n) is 13.5. The van der Waals surface area contributed by atoms with Gasteiger partial charge in [0.1, 0.15) is 28.7 Å². The van der Waals surface area contributed by atoms with Crippen molar-refractivity contribution in [1.29, 1.82) is 0 Å². The zero-order chi connectivity index (χ0) is 28.9. The van der Waals surface area contributed by atoms with E-state index >= 15 is 0 Å². The van der Waals surface area contributed by atoms with E-state index in [1.165, 1.54) is 0 Å². The number of nitrogen functional groups attached to an aromatic ring is 1. The van der Waals surface area contributed by atoms with Crippen LogP contribution in [0.4, 0.5) is 24.8 Å². The van der Waals surface area contributed by atoms with Crippen LogP contribution in [0.5, 0.6) is 0 Å². The Morgan fingerprint density at radius 2 is 1.78 bits per heavy atom. The molecule has 12 heteroatoms. The number of amides is 2. The molecule has 1 saturated heterocycles. The number of pyridine rings is 1. The van der Waals surface area contributed by atoms with E-state index in [1.54, 1.807) is 30.5 Å². The van der Waals surface area contributed by atoms with E-state index in [0.717, 1.165) is 49.8 Å². The number of piperidine rings is 1. The number of imidazole rings is 1. The number of hydrogen-bond acceptors (Lipinski definition) is 6. The summed E-state index contributed by atoms with van der Waals surface area (Å²) in [5.74, 6) is 0.672. The van der Waals surface area contributed by atoms with Crippen LogP contribution in [0.1, 0.15) is 60.3 Å². The van der Waals surface area contributed by atoms with Gasteiger partial charge in [0.2, 0.25) is 5.91 Å². The minimum absolute atomic E-state index is 0.0157. The van der Waals surface area contributed by atoms with Gasteiger partial charge in [0.05, 0.1) is 5.56 Å². The molecule has 41 heavy (non-hydrogen) atoms. The van der Waals surface area contributed by atoms with E-state index in [1.807, 2.05) is 15.5 Å². The standard InChI is InChI=1S/C29H28F3N7O2/c1-16-2-3-20(15-39(16)28(41)19-8-9-19)26-37-23(24-25(33)35-12-13-38(24)26)17-4-6-18(7-5-17)27(40)36-22-14-21(10-11-34-22)29(30,31)32/h4-7,10-14,16,19-20H,2-3,8-9,15H2,1H3,(H2,33,35)(H,34,36,40)/t16-,20+/m0/s1. The third-order valence-corrected chi connectivity index (χ3v) is 7.82. The Hall–Kier alpha value is -4.48. The van der Waals surface area contributed by atoms with Gasteiger partial charge in [0, 0.05) is 54.1 Å². The van der Waals surface area contributed by atoms with Gasteiger partial charge < -0.3 is 16.0 Å². The maximum atomic E-state index is 13.0. The summed E-state index contributed by atoms with van der Waals surface area (Å²) in [5.41, 5.74) is 7.55. The summed E-state index contributed by atoms with van der Waals surface area (Å²) in [6, 6.07) is 8.35. The molecule has 4 heterocycles. The Bertz CT molecular complexity index is 1630. The fourth-order valence-corrected chi connectivity index (χ4v) is 5.41. The zero-order valence-corrected chi connectivity index (χ0v) is 22.2. The number of anilines is 2. The normalized spacial score (nSPS) is 19.4. The number of halogens is 3. The molecule has 0 radical (unpaired) electrons. The molecule has 0 bridgehead atoms. The number of carbonyl (C=O) groups excluding carboxylic acids is 2. The number of likely N-dealkylation sites (tertiary alicyclic amines) is 1. The van der Waals surface area contributed by atoms with Crippen molar-refractivity contribution in [2.24, 2.45) is 5.92 Å². The van der Waals surface area contributed by atoms with Gasteiger partial charge in [-0.25, -0.2) is 15.0 Å². The minimum Gasteiger partial charge on any atom is -0.382 e. The summed E-state index contributed by atoms with van der Waals surface area (Å²) in [5, 5.41) is 2.41. The molecule has 2 amide bonds. The molecule has 0 spiro atoms. The number of fused-ring (bicyclic) bond motifs is 1. The lowest BCUT2D eigenvalue weighted by Crippen LogP contribution is -2.45. The van der Waals surface area contributed by atoms with Crippen LogP contribution >= 0.6 is 0 Å². The van der Waals surface area contributed by atoms with Crippen molar-refractivity contribution in [3.8, 4) is 11.3 Å².